The van der Waals surface area contributed by atoms with Gasteiger partial charge in [-0.2, -0.15) is 0 Å². The van der Waals surface area contributed by atoms with Crippen molar-refractivity contribution in [2.75, 3.05) is 0 Å². The van der Waals surface area contributed by atoms with Gasteiger partial charge in [-0.3, -0.25) is 0 Å². The number of furan rings is 1. The van der Waals surface area contributed by atoms with Gasteiger partial charge in [-0.15, -0.1) is 0 Å². The summed E-state index contributed by atoms with van der Waals surface area (Å²) in [5.74, 6) is 3.43. The normalized spacial score (nSPS) is 25.2. The maximum atomic E-state index is 5.75. The van der Waals surface area contributed by atoms with E-state index in [4.69, 9.17) is 4.42 Å². The molecule has 2 aromatic rings. The SMILES string of the molecule is CC1CC1c1ccc(-c2cnc[nH]2)o1. The number of nitrogens with one attached hydrogen (secondary N) is 1. The van der Waals surface area contributed by atoms with E-state index < -0.39 is 0 Å². The zero-order valence-corrected chi connectivity index (χ0v) is 8.03. The number of hydrogen-bond acceptors (Lipinski definition) is 2. The lowest BCUT2D eigenvalue weighted by Gasteiger charge is -1.92. The number of aromatic amines is 1. The largest absolute Gasteiger partial charge is 0.459 e. The fourth-order valence-electron chi connectivity index (χ4n) is 1.81. The molecule has 1 aliphatic rings. The molecule has 3 rings (SSSR count). The molecule has 3 heteroatoms. The molecule has 2 unspecified atom stereocenters. The second kappa shape index (κ2) is 2.74. The minimum Gasteiger partial charge on any atom is -0.459 e. The monoisotopic (exact) mass is 188 g/mol. The van der Waals surface area contributed by atoms with Crippen LogP contribution in [0.5, 0.6) is 0 Å². The Morgan fingerprint density at radius 3 is 3.00 bits per heavy atom. The van der Waals surface area contributed by atoms with Crippen molar-refractivity contribution in [2.24, 2.45) is 5.92 Å². The molecule has 14 heavy (non-hydrogen) atoms. The molecule has 0 bridgehead atoms. The Balaban J connectivity index is 1.91. The Labute approximate surface area is 82.2 Å². The van der Waals surface area contributed by atoms with Crippen LogP contribution in [0.4, 0.5) is 0 Å². The highest BCUT2D eigenvalue weighted by Crippen LogP contribution is 2.47. The van der Waals surface area contributed by atoms with E-state index in [1.54, 1.807) is 12.5 Å². The van der Waals surface area contributed by atoms with Crippen LogP contribution < -0.4 is 0 Å². The minimum absolute atomic E-state index is 0.645. The fourth-order valence-corrected chi connectivity index (χ4v) is 1.81. The smallest absolute Gasteiger partial charge is 0.152 e. The number of imidazole rings is 1. The Hall–Kier alpha value is -1.51. The van der Waals surface area contributed by atoms with E-state index in [9.17, 15) is 0 Å². The van der Waals surface area contributed by atoms with Gasteiger partial charge >= 0.3 is 0 Å². The molecule has 1 saturated carbocycles. The van der Waals surface area contributed by atoms with Crippen LogP contribution in [0.2, 0.25) is 0 Å². The highest BCUT2D eigenvalue weighted by Gasteiger charge is 2.36. The number of aromatic nitrogens is 2. The lowest BCUT2D eigenvalue weighted by Crippen LogP contribution is -1.74. The lowest BCUT2D eigenvalue weighted by atomic mass is 10.3. The molecule has 2 aromatic heterocycles. The molecule has 0 aromatic carbocycles. The average molecular weight is 188 g/mol. The third kappa shape index (κ3) is 1.16. The minimum atomic E-state index is 0.645. The first-order chi connectivity index (χ1) is 6.84. The van der Waals surface area contributed by atoms with E-state index in [-0.39, 0.29) is 0 Å². The molecular weight excluding hydrogens is 176 g/mol. The Morgan fingerprint density at radius 2 is 2.36 bits per heavy atom. The van der Waals surface area contributed by atoms with Gasteiger partial charge in [-0.25, -0.2) is 4.98 Å². The van der Waals surface area contributed by atoms with E-state index >= 15 is 0 Å². The van der Waals surface area contributed by atoms with Gasteiger partial charge in [-0.05, 0) is 24.5 Å². The van der Waals surface area contributed by atoms with Crippen molar-refractivity contribution in [1.82, 2.24) is 9.97 Å². The van der Waals surface area contributed by atoms with Crippen molar-refractivity contribution in [3.63, 3.8) is 0 Å². The Bertz CT molecular complexity index is 430. The zero-order valence-electron chi connectivity index (χ0n) is 8.03. The summed E-state index contributed by atoms with van der Waals surface area (Å²) in [6.45, 7) is 2.25. The molecule has 0 spiro atoms. The van der Waals surface area contributed by atoms with Crippen molar-refractivity contribution in [2.45, 2.75) is 19.3 Å². The Morgan fingerprint density at radius 1 is 1.50 bits per heavy atom. The summed E-state index contributed by atoms with van der Waals surface area (Å²) in [6.07, 6.45) is 4.70. The van der Waals surface area contributed by atoms with Gasteiger partial charge in [0, 0.05) is 5.92 Å². The van der Waals surface area contributed by atoms with Crippen LogP contribution in [-0.2, 0) is 0 Å². The molecule has 1 fully saturated rings. The third-order valence-corrected chi connectivity index (χ3v) is 2.87. The summed E-state index contributed by atoms with van der Waals surface area (Å²) < 4.78 is 5.75. The molecule has 0 radical (unpaired) electrons. The van der Waals surface area contributed by atoms with Gasteiger partial charge in [0.2, 0.25) is 0 Å². The van der Waals surface area contributed by atoms with E-state index in [1.165, 1.54) is 6.42 Å². The summed E-state index contributed by atoms with van der Waals surface area (Å²) >= 11 is 0. The summed E-state index contributed by atoms with van der Waals surface area (Å²) in [5, 5.41) is 0. The standard InChI is InChI=1S/C11H12N2O/c1-7-4-8(7)10-2-3-11(14-10)9-5-12-6-13-9/h2-3,5-8H,4H2,1H3,(H,12,13). The average Bonchev–Trinajstić information content (AvgIpc) is 2.72. The second-order valence-electron chi connectivity index (χ2n) is 3.99. The van der Waals surface area contributed by atoms with Crippen LogP contribution in [-0.4, -0.2) is 9.97 Å². The van der Waals surface area contributed by atoms with Crippen LogP contribution in [0.3, 0.4) is 0 Å². The number of H-pyrrole nitrogens is 1. The fraction of sp³-hybridized carbons (Fsp3) is 0.364. The van der Waals surface area contributed by atoms with Crippen LogP contribution in [0, 0.1) is 5.92 Å². The highest BCUT2D eigenvalue weighted by atomic mass is 16.3. The summed E-state index contributed by atoms with van der Waals surface area (Å²) in [5.41, 5.74) is 0.949. The van der Waals surface area contributed by atoms with Gasteiger partial charge in [0.05, 0.1) is 12.5 Å². The van der Waals surface area contributed by atoms with E-state index in [0.717, 1.165) is 23.1 Å². The van der Waals surface area contributed by atoms with Crippen molar-refractivity contribution in [3.05, 3.63) is 30.4 Å². The summed E-state index contributed by atoms with van der Waals surface area (Å²) in [6, 6.07) is 4.08. The van der Waals surface area contributed by atoms with Crippen molar-refractivity contribution in [3.8, 4) is 11.5 Å². The highest BCUT2D eigenvalue weighted by molar-refractivity contribution is 5.51. The molecule has 2 heterocycles. The summed E-state index contributed by atoms with van der Waals surface area (Å²) in [4.78, 5) is 7.00. The molecule has 72 valence electrons. The van der Waals surface area contributed by atoms with E-state index in [1.807, 2.05) is 6.07 Å². The molecule has 2 atom stereocenters. The van der Waals surface area contributed by atoms with Gasteiger partial charge < -0.3 is 9.40 Å². The zero-order chi connectivity index (χ0) is 9.54. The first-order valence-corrected chi connectivity index (χ1v) is 4.93. The Kier molecular flexibility index (Phi) is 1.54. The predicted molar refractivity (Wildman–Crippen MR) is 52.8 cm³/mol. The van der Waals surface area contributed by atoms with Crippen molar-refractivity contribution >= 4 is 0 Å². The molecule has 1 aliphatic carbocycles. The first kappa shape index (κ1) is 7.85. The second-order valence-corrected chi connectivity index (χ2v) is 3.99. The van der Waals surface area contributed by atoms with Gasteiger partial charge in [0.1, 0.15) is 11.5 Å². The maximum absolute atomic E-state index is 5.75. The first-order valence-electron chi connectivity index (χ1n) is 4.93. The van der Waals surface area contributed by atoms with Gasteiger partial charge in [-0.1, -0.05) is 6.92 Å². The molecule has 0 saturated heterocycles. The van der Waals surface area contributed by atoms with Gasteiger partial charge in [0.25, 0.3) is 0 Å². The molecular formula is C11H12N2O. The maximum Gasteiger partial charge on any atom is 0.152 e. The summed E-state index contributed by atoms with van der Waals surface area (Å²) in [7, 11) is 0. The number of hydrogen-bond donors (Lipinski definition) is 1. The van der Waals surface area contributed by atoms with E-state index in [0.29, 0.717) is 5.92 Å². The number of rotatable bonds is 2. The van der Waals surface area contributed by atoms with Crippen LogP contribution in [0.15, 0.2) is 29.1 Å². The quantitative estimate of drug-likeness (QED) is 0.787. The topological polar surface area (TPSA) is 41.8 Å². The van der Waals surface area contributed by atoms with Crippen LogP contribution in [0.25, 0.3) is 11.5 Å². The van der Waals surface area contributed by atoms with Crippen molar-refractivity contribution in [1.29, 1.82) is 0 Å². The lowest BCUT2D eigenvalue weighted by molar-refractivity contribution is 0.517. The van der Waals surface area contributed by atoms with Crippen molar-refractivity contribution < 1.29 is 4.42 Å². The van der Waals surface area contributed by atoms with Gasteiger partial charge in [0.15, 0.2) is 5.76 Å². The number of nitrogens with zero attached hydrogens (tertiary/aromatic N) is 1. The molecule has 0 aliphatic heterocycles. The predicted octanol–water partition coefficient (Wildman–Crippen LogP) is 2.79. The van der Waals surface area contributed by atoms with Crippen LogP contribution in [0.1, 0.15) is 25.0 Å². The molecule has 0 amide bonds. The van der Waals surface area contributed by atoms with E-state index in [2.05, 4.69) is 23.0 Å². The van der Waals surface area contributed by atoms with Crippen LogP contribution >= 0.6 is 0 Å². The molecule has 3 nitrogen and oxygen atoms in total. The molecule has 1 N–H and O–H groups in total. The third-order valence-electron chi connectivity index (χ3n) is 2.87.